The van der Waals surface area contributed by atoms with E-state index in [9.17, 15) is 0 Å². The molecule has 5 aromatic carbocycles. The number of rotatable bonds is 6. The van der Waals surface area contributed by atoms with Crippen LogP contribution in [0.2, 0.25) is 0 Å². The second-order valence-electron chi connectivity index (χ2n) is 15.7. The third kappa shape index (κ3) is 5.44. The van der Waals surface area contributed by atoms with Gasteiger partial charge in [-0.3, -0.25) is 9.97 Å². The van der Waals surface area contributed by atoms with Crippen LogP contribution < -0.4 is 0 Å². The first-order valence-electron chi connectivity index (χ1n) is 19.9. The van der Waals surface area contributed by atoms with E-state index in [4.69, 9.17) is 15.0 Å². The fourth-order valence-electron chi connectivity index (χ4n) is 9.03. The zero-order valence-corrected chi connectivity index (χ0v) is 32.3. The maximum Gasteiger partial charge on any atom is 0.165 e. The van der Waals surface area contributed by atoms with Crippen LogP contribution in [-0.4, -0.2) is 29.5 Å². The molecule has 4 heterocycles. The average molecular weight is 747 g/mol. The van der Waals surface area contributed by atoms with Crippen LogP contribution >= 0.6 is 0 Å². The minimum atomic E-state index is -0.151. The number of para-hydroxylation sites is 1. The highest BCUT2D eigenvalue weighted by molar-refractivity contribution is 6.13. The number of hydrogen-bond acceptors (Lipinski definition) is 5. The van der Waals surface area contributed by atoms with Crippen molar-refractivity contribution in [3.63, 3.8) is 0 Å². The van der Waals surface area contributed by atoms with Crippen LogP contribution in [0, 0.1) is 0 Å². The predicted molar refractivity (Wildman–Crippen MR) is 235 cm³/mol. The molecular weight excluding hydrogens is 709 g/mol. The first-order chi connectivity index (χ1) is 28.5. The molecule has 0 N–H and O–H groups in total. The quantitative estimate of drug-likeness (QED) is 0.169. The number of nitrogens with zero attached hydrogens (tertiary/aromatic N) is 6. The molecule has 6 nitrogen and oxygen atoms in total. The lowest BCUT2D eigenvalue weighted by Gasteiger charge is -2.24. The van der Waals surface area contributed by atoms with Crippen LogP contribution in [0.4, 0.5) is 0 Å². The first-order valence-corrected chi connectivity index (χ1v) is 19.9. The molecule has 0 aliphatic heterocycles. The fourth-order valence-corrected chi connectivity index (χ4v) is 9.03. The Morgan fingerprint density at radius 3 is 1.86 bits per heavy atom. The van der Waals surface area contributed by atoms with Crippen molar-refractivity contribution >= 4 is 27.4 Å². The van der Waals surface area contributed by atoms with Gasteiger partial charge in [-0.25, -0.2) is 15.0 Å². The molecule has 0 spiro atoms. The number of allylic oxidation sites excluding steroid dienone is 4. The van der Waals surface area contributed by atoms with Crippen molar-refractivity contribution in [2.75, 3.05) is 0 Å². The molecule has 4 aromatic heterocycles. The predicted octanol–water partition coefficient (Wildman–Crippen LogP) is 12.5. The molecule has 0 bridgehead atoms. The zero-order valence-electron chi connectivity index (χ0n) is 32.3. The Hall–Kier alpha value is -7.31. The van der Waals surface area contributed by atoms with E-state index < -0.39 is 0 Å². The van der Waals surface area contributed by atoms with Gasteiger partial charge in [0.25, 0.3) is 0 Å². The Kier molecular flexibility index (Phi) is 7.86. The third-order valence-electron chi connectivity index (χ3n) is 11.8. The van der Waals surface area contributed by atoms with Gasteiger partial charge >= 0.3 is 0 Å². The molecular formula is C52H38N6. The second-order valence-corrected chi connectivity index (χ2v) is 15.7. The lowest BCUT2D eigenvalue weighted by molar-refractivity contribution is 0.661. The van der Waals surface area contributed by atoms with Crippen LogP contribution in [0.3, 0.4) is 0 Å². The summed E-state index contributed by atoms with van der Waals surface area (Å²) in [6, 6.07) is 45.7. The second kappa shape index (κ2) is 13.4. The third-order valence-corrected chi connectivity index (χ3v) is 11.8. The van der Waals surface area contributed by atoms with E-state index in [0.717, 1.165) is 57.4 Å². The largest absolute Gasteiger partial charge is 0.308 e. The number of benzene rings is 5. The fraction of sp³-hybridized carbons (Fsp3) is 0.0962. The number of pyridine rings is 2. The van der Waals surface area contributed by atoms with E-state index in [2.05, 4.69) is 150 Å². The van der Waals surface area contributed by atoms with Crippen molar-refractivity contribution in [1.29, 1.82) is 0 Å². The summed E-state index contributed by atoms with van der Waals surface area (Å²) in [6.45, 7) is 4.72. The molecule has 2 aliphatic rings. The summed E-state index contributed by atoms with van der Waals surface area (Å²) in [6.07, 6.45) is 16.0. The van der Waals surface area contributed by atoms with Gasteiger partial charge in [-0.15, -0.1) is 0 Å². The molecule has 0 radical (unpaired) electrons. The molecule has 0 saturated heterocycles. The van der Waals surface area contributed by atoms with Gasteiger partial charge in [0, 0.05) is 68.8 Å². The van der Waals surface area contributed by atoms with E-state index >= 15 is 0 Å². The molecule has 0 saturated carbocycles. The van der Waals surface area contributed by atoms with E-state index in [0.29, 0.717) is 17.5 Å². The van der Waals surface area contributed by atoms with Gasteiger partial charge in [0.15, 0.2) is 17.5 Å². The van der Waals surface area contributed by atoms with Gasteiger partial charge in [-0.1, -0.05) is 105 Å². The Morgan fingerprint density at radius 1 is 0.500 bits per heavy atom. The van der Waals surface area contributed by atoms with Gasteiger partial charge in [-0.2, -0.15) is 0 Å². The van der Waals surface area contributed by atoms with Crippen molar-refractivity contribution in [2.45, 2.75) is 32.1 Å². The van der Waals surface area contributed by atoms with Gasteiger partial charge in [0.05, 0.1) is 16.7 Å². The van der Waals surface area contributed by atoms with E-state index in [1.54, 1.807) is 24.8 Å². The summed E-state index contributed by atoms with van der Waals surface area (Å²) in [7, 11) is 0. The molecule has 11 rings (SSSR count). The average Bonchev–Trinajstić information content (AvgIpc) is 3.73. The Bertz CT molecular complexity index is 3070. The molecule has 6 heteroatoms. The van der Waals surface area contributed by atoms with Gasteiger partial charge in [0.2, 0.25) is 0 Å². The Labute approximate surface area is 337 Å². The Balaban J connectivity index is 1.25. The highest BCUT2D eigenvalue weighted by atomic mass is 15.0. The molecule has 0 atom stereocenters. The molecule has 0 unspecified atom stereocenters. The van der Waals surface area contributed by atoms with Crippen LogP contribution in [0.25, 0.3) is 89.5 Å². The Morgan fingerprint density at radius 2 is 1.16 bits per heavy atom. The summed E-state index contributed by atoms with van der Waals surface area (Å²) >= 11 is 0. The standard InChI is InChI=1S/C52H38N6/c1-52(2)44-23-11-9-21-38(44)42-29-43-39-22-10-12-24-46(39)58(47(43)30-45(42)52)48-40(33-15-5-3-6-16-33)27-37(28-41(48)34-17-7-4-8-18-34)51-56-49(35-19-13-25-53-31-35)55-50(57-51)36-20-14-26-54-32-36/h3,5-7,9-32H,4,8H2,1-2H3. The zero-order chi connectivity index (χ0) is 38.8. The van der Waals surface area contributed by atoms with Crippen molar-refractivity contribution in [2.24, 2.45) is 0 Å². The smallest absolute Gasteiger partial charge is 0.165 e. The SMILES string of the molecule is CC1(C)c2ccccc2-c2cc3c4ccccc4n(-c4c(C5=CCCC=C5)cc(-c5nc(-c6cccnc6)nc(-c6cccnc6)n5)cc4-c4ccccc4)c3cc21. The summed E-state index contributed by atoms with van der Waals surface area (Å²) < 4.78 is 2.52. The van der Waals surface area contributed by atoms with Gasteiger partial charge in [-0.05, 0) is 101 Å². The van der Waals surface area contributed by atoms with Crippen molar-refractivity contribution in [3.8, 4) is 62.1 Å². The molecule has 0 fully saturated rings. The van der Waals surface area contributed by atoms with Crippen LogP contribution in [-0.2, 0) is 5.41 Å². The lowest BCUT2D eigenvalue weighted by atomic mass is 9.82. The highest BCUT2D eigenvalue weighted by Crippen LogP contribution is 2.52. The summed E-state index contributed by atoms with van der Waals surface area (Å²) in [5.74, 6) is 1.69. The van der Waals surface area contributed by atoms with Crippen molar-refractivity contribution in [1.82, 2.24) is 29.5 Å². The number of aromatic nitrogens is 6. The number of fused-ring (bicyclic) bond motifs is 6. The minimum absolute atomic E-state index is 0.151. The highest BCUT2D eigenvalue weighted by Gasteiger charge is 2.36. The summed E-state index contributed by atoms with van der Waals surface area (Å²) in [5, 5.41) is 2.47. The molecule has 9 aromatic rings. The molecule has 2 aliphatic carbocycles. The van der Waals surface area contributed by atoms with E-state index in [1.807, 2.05) is 24.3 Å². The molecule has 276 valence electrons. The monoisotopic (exact) mass is 746 g/mol. The summed E-state index contributed by atoms with van der Waals surface area (Å²) in [4.78, 5) is 24.1. The van der Waals surface area contributed by atoms with Crippen LogP contribution in [0.1, 0.15) is 43.4 Å². The van der Waals surface area contributed by atoms with E-state index in [1.165, 1.54) is 44.1 Å². The van der Waals surface area contributed by atoms with Gasteiger partial charge < -0.3 is 4.57 Å². The van der Waals surface area contributed by atoms with Crippen molar-refractivity contribution < 1.29 is 0 Å². The maximum absolute atomic E-state index is 5.16. The summed E-state index contributed by atoms with van der Waals surface area (Å²) in [5.41, 5.74) is 15.7. The number of hydrogen-bond donors (Lipinski definition) is 0. The molecule has 58 heavy (non-hydrogen) atoms. The maximum atomic E-state index is 5.16. The van der Waals surface area contributed by atoms with E-state index in [-0.39, 0.29) is 5.41 Å². The normalized spacial score (nSPS) is 14.1. The topological polar surface area (TPSA) is 69.4 Å². The minimum Gasteiger partial charge on any atom is -0.308 e. The van der Waals surface area contributed by atoms with Gasteiger partial charge in [0.1, 0.15) is 0 Å². The van der Waals surface area contributed by atoms with Crippen molar-refractivity contribution in [3.05, 3.63) is 187 Å². The van der Waals surface area contributed by atoms with Crippen LogP contribution in [0.5, 0.6) is 0 Å². The lowest BCUT2D eigenvalue weighted by Crippen LogP contribution is -2.15. The first kappa shape index (κ1) is 34.0. The van der Waals surface area contributed by atoms with Crippen LogP contribution in [0.15, 0.2) is 170 Å². The molecule has 0 amide bonds.